The van der Waals surface area contributed by atoms with E-state index < -0.39 is 5.82 Å². The van der Waals surface area contributed by atoms with Crippen molar-refractivity contribution in [2.45, 2.75) is 25.7 Å². The van der Waals surface area contributed by atoms with Crippen molar-refractivity contribution < 1.29 is 19.1 Å². The number of aromatic hydroxyl groups is 1. The van der Waals surface area contributed by atoms with E-state index in [0.29, 0.717) is 48.5 Å². The van der Waals surface area contributed by atoms with Gasteiger partial charge < -0.3 is 15.7 Å². The predicted octanol–water partition coefficient (Wildman–Crippen LogP) is 3.32. The van der Waals surface area contributed by atoms with Crippen molar-refractivity contribution in [1.82, 2.24) is 4.90 Å². The lowest BCUT2D eigenvalue weighted by Crippen LogP contribution is -2.40. The summed E-state index contributed by atoms with van der Waals surface area (Å²) >= 11 is 0. The topological polar surface area (TPSA) is 83.6 Å². The molecular formula is C21H23FN2O3. The Hall–Kier alpha value is -2.89. The Morgan fingerprint density at radius 2 is 1.93 bits per heavy atom. The predicted molar refractivity (Wildman–Crippen MR) is 101 cm³/mol. The van der Waals surface area contributed by atoms with Crippen LogP contribution in [0.5, 0.6) is 5.75 Å². The van der Waals surface area contributed by atoms with Crippen molar-refractivity contribution in [3.8, 4) is 16.9 Å². The van der Waals surface area contributed by atoms with Crippen LogP contribution in [-0.4, -0.2) is 34.9 Å². The molecule has 3 N–H and O–H groups in total. The van der Waals surface area contributed by atoms with E-state index in [1.807, 2.05) is 4.90 Å². The molecule has 0 saturated carbocycles. The number of piperidine rings is 1. The van der Waals surface area contributed by atoms with E-state index in [0.717, 1.165) is 12.8 Å². The van der Waals surface area contributed by atoms with Crippen LogP contribution in [0.3, 0.4) is 0 Å². The lowest BCUT2D eigenvalue weighted by molar-refractivity contribution is -0.118. The van der Waals surface area contributed by atoms with Gasteiger partial charge in [-0.05, 0) is 61.1 Å². The van der Waals surface area contributed by atoms with E-state index in [1.54, 1.807) is 24.3 Å². The molecule has 2 amide bonds. The van der Waals surface area contributed by atoms with Gasteiger partial charge in [0, 0.05) is 30.6 Å². The summed E-state index contributed by atoms with van der Waals surface area (Å²) in [7, 11) is 0. The van der Waals surface area contributed by atoms with Gasteiger partial charge in [-0.3, -0.25) is 9.59 Å². The Labute approximate surface area is 157 Å². The van der Waals surface area contributed by atoms with Crippen LogP contribution in [0, 0.1) is 11.7 Å². The third kappa shape index (κ3) is 4.64. The second kappa shape index (κ2) is 8.20. The standard InChI is InChI=1S/C21H23FN2O3/c22-17-8-9-19(25)18(12-17)15-4-6-16(7-5-15)21(27)24-11-1-2-14(13-24)3-10-20(23)26/h4-9,12,14,25H,1-3,10-11,13H2,(H2,23,26)/t14-/m1/s1. The van der Waals surface area contributed by atoms with Crippen molar-refractivity contribution in [2.24, 2.45) is 11.7 Å². The number of halogens is 1. The van der Waals surface area contributed by atoms with Crippen molar-refractivity contribution in [1.29, 1.82) is 0 Å². The number of hydrogen-bond donors (Lipinski definition) is 2. The zero-order valence-electron chi connectivity index (χ0n) is 15.0. The highest BCUT2D eigenvalue weighted by molar-refractivity contribution is 5.95. The molecule has 0 aliphatic carbocycles. The molecule has 1 saturated heterocycles. The van der Waals surface area contributed by atoms with E-state index in [2.05, 4.69) is 0 Å². The molecule has 3 rings (SSSR count). The van der Waals surface area contributed by atoms with Crippen molar-refractivity contribution >= 4 is 11.8 Å². The molecule has 0 spiro atoms. The number of amides is 2. The highest BCUT2D eigenvalue weighted by Gasteiger charge is 2.24. The fraction of sp³-hybridized carbons (Fsp3) is 0.333. The van der Waals surface area contributed by atoms with Gasteiger partial charge in [0.25, 0.3) is 5.91 Å². The van der Waals surface area contributed by atoms with Crippen molar-refractivity contribution in [3.63, 3.8) is 0 Å². The quantitative estimate of drug-likeness (QED) is 0.847. The Morgan fingerprint density at radius 3 is 2.63 bits per heavy atom. The van der Waals surface area contributed by atoms with Gasteiger partial charge in [0.15, 0.2) is 0 Å². The monoisotopic (exact) mass is 370 g/mol. The second-order valence-electron chi connectivity index (χ2n) is 7.00. The molecule has 1 aliphatic rings. The lowest BCUT2D eigenvalue weighted by atomic mass is 9.92. The van der Waals surface area contributed by atoms with Crippen LogP contribution in [0.1, 0.15) is 36.0 Å². The largest absolute Gasteiger partial charge is 0.507 e. The Bertz CT molecular complexity index is 836. The molecule has 5 nitrogen and oxygen atoms in total. The van der Waals surface area contributed by atoms with Gasteiger partial charge in [-0.1, -0.05) is 12.1 Å². The minimum absolute atomic E-state index is 0.0104. The number of carbonyl (C=O) groups is 2. The average Bonchev–Trinajstić information content (AvgIpc) is 2.68. The summed E-state index contributed by atoms with van der Waals surface area (Å²) in [5, 5.41) is 9.91. The Balaban J connectivity index is 1.70. The minimum atomic E-state index is -0.432. The first-order chi connectivity index (χ1) is 12.9. The zero-order valence-corrected chi connectivity index (χ0v) is 15.0. The highest BCUT2D eigenvalue weighted by atomic mass is 19.1. The van der Waals surface area contributed by atoms with E-state index in [1.165, 1.54) is 18.2 Å². The average molecular weight is 370 g/mol. The third-order valence-corrected chi connectivity index (χ3v) is 5.01. The van der Waals surface area contributed by atoms with Gasteiger partial charge in [0.1, 0.15) is 11.6 Å². The molecule has 142 valence electrons. The molecule has 6 heteroatoms. The number of benzene rings is 2. The van der Waals surface area contributed by atoms with Gasteiger partial charge in [-0.2, -0.15) is 0 Å². The summed E-state index contributed by atoms with van der Waals surface area (Å²) in [6, 6.07) is 10.6. The van der Waals surface area contributed by atoms with Crippen LogP contribution in [-0.2, 0) is 4.79 Å². The summed E-state index contributed by atoms with van der Waals surface area (Å²) < 4.78 is 13.4. The third-order valence-electron chi connectivity index (χ3n) is 5.01. The van der Waals surface area contributed by atoms with Gasteiger partial charge in [0.2, 0.25) is 5.91 Å². The molecule has 0 bridgehead atoms. The van der Waals surface area contributed by atoms with Crippen molar-refractivity contribution in [2.75, 3.05) is 13.1 Å². The van der Waals surface area contributed by atoms with Crippen LogP contribution in [0.2, 0.25) is 0 Å². The SMILES string of the molecule is NC(=O)CC[C@H]1CCCN(C(=O)c2ccc(-c3cc(F)ccc3O)cc2)C1. The minimum Gasteiger partial charge on any atom is -0.507 e. The fourth-order valence-corrected chi connectivity index (χ4v) is 3.55. The molecule has 2 aromatic carbocycles. The van der Waals surface area contributed by atoms with E-state index in [-0.39, 0.29) is 17.6 Å². The molecule has 1 atom stereocenters. The number of phenols is 1. The van der Waals surface area contributed by atoms with E-state index in [4.69, 9.17) is 5.73 Å². The number of hydrogen-bond acceptors (Lipinski definition) is 3. The van der Waals surface area contributed by atoms with Gasteiger partial charge in [-0.15, -0.1) is 0 Å². The van der Waals surface area contributed by atoms with Crippen LogP contribution in [0.4, 0.5) is 4.39 Å². The molecule has 0 radical (unpaired) electrons. The van der Waals surface area contributed by atoms with Gasteiger partial charge >= 0.3 is 0 Å². The smallest absolute Gasteiger partial charge is 0.253 e. The maximum Gasteiger partial charge on any atom is 0.253 e. The number of nitrogens with two attached hydrogens (primary N) is 1. The summed E-state index contributed by atoms with van der Waals surface area (Å²) in [6.07, 6.45) is 2.95. The van der Waals surface area contributed by atoms with E-state index >= 15 is 0 Å². The fourth-order valence-electron chi connectivity index (χ4n) is 3.55. The first-order valence-corrected chi connectivity index (χ1v) is 9.10. The van der Waals surface area contributed by atoms with Crippen molar-refractivity contribution in [3.05, 3.63) is 53.8 Å². The van der Waals surface area contributed by atoms with Crippen LogP contribution in [0.15, 0.2) is 42.5 Å². The maximum atomic E-state index is 13.4. The summed E-state index contributed by atoms with van der Waals surface area (Å²) in [5.41, 5.74) is 6.79. The number of nitrogens with zero attached hydrogens (tertiary/aromatic N) is 1. The number of likely N-dealkylation sites (tertiary alicyclic amines) is 1. The highest BCUT2D eigenvalue weighted by Crippen LogP contribution is 2.30. The number of carbonyl (C=O) groups excluding carboxylic acids is 2. The van der Waals surface area contributed by atoms with Crippen LogP contribution in [0.25, 0.3) is 11.1 Å². The summed E-state index contributed by atoms with van der Waals surface area (Å²) in [4.78, 5) is 25.6. The first-order valence-electron chi connectivity index (χ1n) is 9.10. The zero-order chi connectivity index (χ0) is 19.4. The second-order valence-corrected chi connectivity index (χ2v) is 7.00. The maximum absolute atomic E-state index is 13.4. The summed E-state index contributed by atoms with van der Waals surface area (Å²) in [6.45, 7) is 1.32. The normalized spacial score (nSPS) is 16.9. The number of primary amides is 1. The molecule has 1 fully saturated rings. The molecule has 27 heavy (non-hydrogen) atoms. The first kappa shape index (κ1) is 18.9. The van der Waals surface area contributed by atoms with Gasteiger partial charge in [0.05, 0.1) is 0 Å². The molecule has 1 aliphatic heterocycles. The van der Waals surface area contributed by atoms with Crippen LogP contribution < -0.4 is 5.73 Å². The van der Waals surface area contributed by atoms with E-state index in [9.17, 15) is 19.1 Å². The molecule has 0 unspecified atom stereocenters. The molecule has 2 aromatic rings. The van der Waals surface area contributed by atoms with Crippen LogP contribution >= 0.6 is 0 Å². The lowest BCUT2D eigenvalue weighted by Gasteiger charge is -2.32. The molecular weight excluding hydrogens is 347 g/mol. The Morgan fingerprint density at radius 1 is 1.19 bits per heavy atom. The summed E-state index contributed by atoms with van der Waals surface area (Å²) in [5.74, 6) is -0.524. The Kier molecular flexibility index (Phi) is 5.74. The number of rotatable bonds is 5. The molecule has 0 aromatic heterocycles. The molecule has 1 heterocycles. The number of phenolic OH excluding ortho intramolecular Hbond substituents is 1. The van der Waals surface area contributed by atoms with Gasteiger partial charge in [-0.25, -0.2) is 4.39 Å².